The summed E-state index contributed by atoms with van der Waals surface area (Å²) in [5.41, 5.74) is 0. The SMILES string of the molecule is CCO[Si](C)(OCC)OCC.CO[Si](OC)(OC)c1ccccc1. The first-order chi connectivity index (χ1) is 11.5. The van der Waals surface area contributed by atoms with Gasteiger partial charge >= 0.3 is 17.6 Å². The van der Waals surface area contributed by atoms with E-state index < -0.39 is 17.6 Å². The average molecular weight is 377 g/mol. The molecule has 1 aromatic carbocycles. The van der Waals surface area contributed by atoms with Gasteiger partial charge in [0.2, 0.25) is 0 Å². The fourth-order valence-electron chi connectivity index (χ4n) is 2.16. The smallest absolute Gasteiger partial charge is 0.374 e. The molecular formula is C16H32O6Si2. The topological polar surface area (TPSA) is 55.4 Å². The molecule has 0 unspecified atom stereocenters. The van der Waals surface area contributed by atoms with E-state index in [1.54, 1.807) is 21.3 Å². The minimum atomic E-state index is -2.59. The first-order valence-corrected chi connectivity index (χ1v) is 12.0. The van der Waals surface area contributed by atoms with Crippen molar-refractivity contribution < 1.29 is 26.6 Å². The lowest BCUT2D eigenvalue weighted by molar-refractivity contribution is 0.0783. The number of benzene rings is 1. The van der Waals surface area contributed by atoms with Crippen LogP contribution in [-0.2, 0) is 26.6 Å². The Bertz CT molecular complexity index is 389. The van der Waals surface area contributed by atoms with Crippen LogP contribution in [0, 0.1) is 0 Å². The molecule has 0 fully saturated rings. The van der Waals surface area contributed by atoms with Crippen molar-refractivity contribution in [2.24, 2.45) is 0 Å². The van der Waals surface area contributed by atoms with Crippen molar-refractivity contribution in [2.75, 3.05) is 41.2 Å². The first kappa shape index (κ1) is 23.4. The number of hydrogen-bond acceptors (Lipinski definition) is 6. The molecule has 0 aliphatic heterocycles. The summed E-state index contributed by atoms with van der Waals surface area (Å²) < 4.78 is 32.2. The summed E-state index contributed by atoms with van der Waals surface area (Å²) in [7, 11) is -0.0327. The molecule has 0 spiro atoms. The van der Waals surface area contributed by atoms with Gasteiger partial charge in [-0.1, -0.05) is 30.3 Å². The summed E-state index contributed by atoms with van der Waals surface area (Å²) in [5.74, 6) is 0. The van der Waals surface area contributed by atoms with Gasteiger partial charge in [-0.2, -0.15) is 0 Å². The molecule has 0 saturated heterocycles. The third kappa shape index (κ3) is 7.53. The van der Waals surface area contributed by atoms with E-state index in [0.29, 0.717) is 19.8 Å². The molecule has 0 N–H and O–H groups in total. The predicted molar refractivity (Wildman–Crippen MR) is 99.4 cm³/mol. The van der Waals surface area contributed by atoms with Crippen molar-refractivity contribution in [1.29, 1.82) is 0 Å². The molecule has 0 atom stereocenters. The zero-order valence-electron chi connectivity index (χ0n) is 16.0. The van der Waals surface area contributed by atoms with E-state index in [1.807, 2.05) is 57.7 Å². The largest absolute Gasteiger partial charge is 0.536 e. The molecule has 1 aromatic rings. The van der Waals surface area contributed by atoms with E-state index in [-0.39, 0.29) is 0 Å². The van der Waals surface area contributed by atoms with E-state index in [0.717, 1.165) is 5.19 Å². The van der Waals surface area contributed by atoms with Crippen LogP contribution in [0.25, 0.3) is 0 Å². The Morgan fingerprint density at radius 3 is 1.38 bits per heavy atom. The monoisotopic (exact) mass is 376 g/mol. The van der Waals surface area contributed by atoms with E-state index in [9.17, 15) is 0 Å². The van der Waals surface area contributed by atoms with Gasteiger partial charge < -0.3 is 26.6 Å². The van der Waals surface area contributed by atoms with Crippen molar-refractivity contribution in [3.63, 3.8) is 0 Å². The lowest BCUT2D eigenvalue weighted by Crippen LogP contribution is -2.54. The van der Waals surface area contributed by atoms with Crippen molar-refractivity contribution in [2.45, 2.75) is 27.3 Å². The molecule has 0 radical (unpaired) electrons. The lowest BCUT2D eigenvalue weighted by atomic mass is 10.4. The van der Waals surface area contributed by atoms with Crippen LogP contribution < -0.4 is 5.19 Å². The van der Waals surface area contributed by atoms with E-state index in [4.69, 9.17) is 26.6 Å². The lowest BCUT2D eigenvalue weighted by Gasteiger charge is -2.24. The second kappa shape index (κ2) is 12.7. The molecular weight excluding hydrogens is 344 g/mol. The summed E-state index contributed by atoms with van der Waals surface area (Å²) in [6, 6.07) is 9.72. The fourth-order valence-corrected chi connectivity index (χ4v) is 5.79. The molecule has 0 amide bonds. The van der Waals surface area contributed by atoms with E-state index in [1.165, 1.54) is 0 Å². The highest BCUT2D eigenvalue weighted by Gasteiger charge is 2.40. The van der Waals surface area contributed by atoms with Crippen LogP contribution in [0.15, 0.2) is 30.3 Å². The number of rotatable bonds is 10. The molecule has 1 rings (SSSR count). The van der Waals surface area contributed by atoms with Gasteiger partial charge in [0.1, 0.15) is 0 Å². The van der Waals surface area contributed by atoms with Crippen LogP contribution in [0.2, 0.25) is 6.55 Å². The molecule has 0 heterocycles. The van der Waals surface area contributed by atoms with Crippen molar-refractivity contribution in [3.8, 4) is 0 Å². The van der Waals surface area contributed by atoms with Crippen molar-refractivity contribution in [1.82, 2.24) is 0 Å². The van der Waals surface area contributed by atoms with Crippen LogP contribution in [0.3, 0.4) is 0 Å². The Morgan fingerprint density at radius 1 is 0.708 bits per heavy atom. The van der Waals surface area contributed by atoms with Gasteiger partial charge in [0.25, 0.3) is 0 Å². The molecule has 140 valence electrons. The molecule has 0 aliphatic rings. The van der Waals surface area contributed by atoms with Gasteiger partial charge in [-0.25, -0.2) is 0 Å². The zero-order chi connectivity index (χ0) is 18.5. The molecule has 6 nitrogen and oxygen atoms in total. The van der Waals surface area contributed by atoms with Gasteiger partial charge in [0.15, 0.2) is 0 Å². The Hall–Kier alpha value is -0.586. The van der Waals surface area contributed by atoms with E-state index in [2.05, 4.69) is 0 Å². The van der Waals surface area contributed by atoms with Crippen molar-refractivity contribution in [3.05, 3.63) is 30.3 Å². The first-order valence-electron chi connectivity index (χ1n) is 8.10. The Kier molecular flexibility index (Phi) is 12.4. The molecule has 24 heavy (non-hydrogen) atoms. The van der Waals surface area contributed by atoms with Crippen LogP contribution in [0.4, 0.5) is 0 Å². The zero-order valence-corrected chi connectivity index (χ0v) is 18.0. The van der Waals surface area contributed by atoms with Gasteiger partial charge in [0, 0.05) is 52.9 Å². The third-order valence-electron chi connectivity index (χ3n) is 3.15. The average Bonchev–Trinajstić information content (AvgIpc) is 2.59. The molecule has 0 saturated carbocycles. The fraction of sp³-hybridized carbons (Fsp3) is 0.625. The molecule has 0 bridgehead atoms. The summed E-state index contributed by atoms with van der Waals surface area (Å²) in [5, 5.41) is 0.975. The second-order valence-corrected chi connectivity index (χ2v) is 10.2. The quantitative estimate of drug-likeness (QED) is 0.585. The summed E-state index contributed by atoms with van der Waals surface area (Å²) in [4.78, 5) is 0. The molecule has 8 heteroatoms. The Balaban J connectivity index is 0.000000449. The standard InChI is InChI=1S/C9H14O3Si.C7H18O3Si/c1-10-13(11-2,12-3)9-7-5-4-6-8-9;1-5-8-11(4,9-6-2)10-7-3/h4-8H,1-3H3;5-7H2,1-4H3. The Morgan fingerprint density at radius 2 is 1.08 bits per heavy atom. The van der Waals surface area contributed by atoms with Gasteiger partial charge in [-0.3, -0.25) is 0 Å². The highest BCUT2D eigenvalue weighted by Crippen LogP contribution is 2.08. The number of hydrogen-bond donors (Lipinski definition) is 0. The summed E-state index contributed by atoms with van der Waals surface area (Å²) in [6.45, 7) is 9.73. The van der Waals surface area contributed by atoms with Crippen LogP contribution in [-0.4, -0.2) is 58.8 Å². The van der Waals surface area contributed by atoms with Gasteiger partial charge in [0.05, 0.1) is 0 Å². The minimum Gasteiger partial charge on any atom is -0.374 e. The predicted octanol–water partition coefficient (Wildman–Crippen LogP) is 2.44. The Labute approximate surface area is 148 Å². The normalized spacial score (nSPS) is 11.8. The second-order valence-electron chi connectivity index (χ2n) is 4.70. The maximum Gasteiger partial charge on any atom is 0.536 e. The minimum absolute atomic E-state index is 0.655. The highest BCUT2D eigenvalue weighted by molar-refractivity contribution is 6.75. The molecule has 0 aromatic heterocycles. The van der Waals surface area contributed by atoms with Gasteiger partial charge in [-0.15, -0.1) is 0 Å². The van der Waals surface area contributed by atoms with Crippen molar-refractivity contribution >= 4 is 22.8 Å². The van der Waals surface area contributed by atoms with Gasteiger partial charge in [-0.05, 0) is 20.8 Å². The van der Waals surface area contributed by atoms with E-state index >= 15 is 0 Å². The van der Waals surface area contributed by atoms with Crippen LogP contribution >= 0.6 is 0 Å². The third-order valence-corrected chi connectivity index (χ3v) is 8.25. The summed E-state index contributed by atoms with van der Waals surface area (Å²) >= 11 is 0. The van der Waals surface area contributed by atoms with Crippen LogP contribution in [0.5, 0.6) is 0 Å². The highest BCUT2D eigenvalue weighted by atomic mass is 28.4. The summed E-state index contributed by atoms with van der Waals surface area (Å²) in [6.07, 6.45) is 0. The maximum absolute atomic E-state index is 5.40. The molecule has 0 aliphatic carbocycles. The van der Waals surface area contributed by atoms with Crippen LogP contribution in [0.1, 0.15) is 20.8 Å². The maximum atomic E-state index is 5.40.